The number of amides is 1. The maximum absolute atomic E-state index is 11.6. The molecule has 2 rings (SSSR count). The monoisotopic (exact) mass is 241 g/mol. The molecule has 88 valence electrons. The lowest BCUT2D eigenvalue weighted by atomic mass is 10.1. The molecule has 0 spiro atoms. The number of hydrogen-bond donors (Lipinski definition) is 2. The molecule has 2 N–H and O–H groups in total. The largest absolute Gasteiger partial charge is 0.350 e. The molecule has 1 unspecified atom stereocenters. The molecular formula is C11H16ClN3O. The van der Waals surface area contributed by atoms with Gasteiger partial charge in [0.2, 0.25) is 5.91 Å². The van der Waals surface area contributed by atoms with Crippen molar-refractivity contribution < 1.29 is 4.79 Å². The summed E-state index contributed by atoms with van der Waals surface area (Å²) >= 11 is 0. The highest BCUT2D eigenvalue weighted by Gasteiger charge is 2.21. The zero-order valence-electron chi connectivity index (χ0n) is 8.98. The van der Waals surface area contributed by atoms with E-state index in [-0.39, 0.29) is 24.2 Å². The highest BCUT2D eigenvalue weighted by molar-refractivity contribution is 5.85. The summed E-state index contributed by atoms with van der Waals surface area (Å²) in [6.07, 6.45) is 2.67. The van der Waals surface area contributed by atoms with E-state index in [1.54, 1.807) is 6.20 Å². The van der Waals surface area contributed by atoms with Crippen molar-refractivity contribution >= 4 is 18.3 Å². The fraction of sp³-hybridized carbons (Fsp3) is 0.455. The van der Waals surface area contributed by atoms with E-state index in [1.165, 1.54) is 0 Å². The Bertz CT molecular complexity index is 325. The molecule has 0 saturated carbocycles. The molecule has 0 radical (unpaired) electrons. The number of pyridine rings is 1. The minimum absolute atomic E-state index is 0. The summed E-state index contributed by atoms with van der Waals surface area (Å²) < 4.78 is 0. The van der Waals surface area contributed by atoms with Crippen LogP contribution in [0.1, 0.15) is 12.1 Å². The van der Waals surface area contributed by atoms with Gasteiger partial charge in [-0.2, -0.15) is 0 Å². The van der Waals surface area contributed by atoms with Gasteiger partial charge in [-0.25, -0.2) is 0 Å². The SMILES string of the molecule is Cl.O=C(NCc1ccccn1)C1CCNC1. The van der Waals surface area contributed by atoms with Gasteiger partial charge < -0.3 is 10.6 Å². The first-order valence-corrected chi connectivity index (χ1v) is 5.24. The third kappa shape index (κ3) is 3.47. The molecule has 1 fully saturated rings. The first-order chi connectivity index (χ1) is 7.36. The van der Waals surface area contributed by atoms with E-state index >= 15 is 0 Å². The van der Waals surface area contributed by atoms with E-state index < -0.39 is 0 Å². The molecule has 1 aromatic rings. The van der Waals surface area contributed by atoms with Crippen LogP contribution in [-0.2, 0) is 11.3 Å². The molecule has 16 heavy (non-hydrogen) atoms. The minimum Gasteiger partial charge on any atom is -0.350 e. The first kappa shape index (κ1) is 12.9. The van der Waals surface area contributed by atoms with Crippen molar-refractivity contribution in [2.45, 2.75) is 13.0 Å². The molecule has 0 aromatic carbocycles. The second kappa shape index (κ2) is 6.45. The van der Waals surface area contributed by atoms with Crippen molar-refractivity contribution in [3.8, 4) is 0 Å². The van der Waals surface area contributed by atoms with Crippen molar-refractivity contribution in [3.05, 3.63) is 30.1 Å². The Kier molecular flexibility index (Phi) is 5.22. The summed E-state index contributed by atoms with van der Waals surface area (Å²) in [6.45, 7) is 2.27. The lowest BCUT2D eigenvalue weighted by Crippen LogP contribution is -2.31. The smallest absolute Gasteiger partial charge is 0.224 e. The molecule has 1 aliphatic rings. The van der Waals surface area contributed by atoms with E-state index in [2.05, 4.69) is 15.6 Å². The normalized spacial score (nSPS) is 18.9. The van der Waals surface area contributed by atoms with E-state index in [0.717, 1.165) is 25.2 Å². The molecule has 4 nitrogen and oxygen atoms in total. The molecule has 1 aliphatic heterocycles. The van der Waals surface area contributed by atoms with Crippen LogP contribution in [0, 0.1) is 5.92 Å². The topological polar surface area (TPSA) is 54.0 Å². The van der Waals surface area contributed by atoms with Crippen LogP contribution in [0.3, 0.4) is 0 Å². The fourth-order valence-electron chi connectivity index (χ4n) is 1.70. The van der Waals surface area contributed by atoms with Gasteiger partial charge >= 0.3 is 0 Å². The number of rotatable bonds is 3. The van der Waals surface area contributed by atoms with E-state index in [1.807, 2.05) is 18.2 Å². The predicted molar refractivity (Wildman–Crippen MR) is 64.3 cm³/mol. The van der Waals surface area contributed by atoms with Gasteiger partial charge in [0.1, 0.15) is 0 Å². The molecule has 1 aromatic heterocycles. The Hall–Kier alpha value is -1.13. The second-order valence-electron chi connectivity index (χ2n) is 3.73. The standard InChI is InChI=1S/C11H15N3O.ClH/c15-11(9-4-6-12-7-9)14-8-10-3-1-2-5-13-10;/h1-3,5,9,12H,4,6-8H2,(H,14,15);1H. The Morgan fingerprint density at radius 1 is 1.56 bits per heavy atom. The molecule has 0 bridgehead atoms. The van der Waals surface area contributed by atoms with Crippen molar-refractivity contribution in [1.29, 1.82) is 0 Å². The first-order valence-electron chi connectivity index (χ1n) is 5.24. The second-order valence-corrected chi connectivity index (χ2v) is 3.73. The van der Waals surface area contributed by atoms with Crippen LogP contribution in [-0.4, -0.2) is 24.0 Å². The Labute approximate surface area is 101 Å². The zero-order chi connectivity index (χ0) is 10.5. The molecule has 1 amide bonds. The highest BCUT2D eigenvalue weighted by Crippen LogP contribution is 2.07. The minimum atomic E-state index is 0. The quantitative estimate of drug-likeness (QED) is 0.821. The highest BCUT2D eigenvalue weighted by atomic mass is 35.5. The van der Waals surface area contributed by atoms with Crippen LogP contribution in [0.15, 0.2) is 24.4 Å². The lowest BCUT2D eigenvalue weighted by Gasteiger charge is -2.08. The molecule has 1 atom stereocenters. The summed E-state index contributed by atoms with van der Waals surface area (Å²) in [5.41, 5.74) is 0.900. The van der Waals surface area contributed by atoms with Crippen LogP contribution >= 0.6 is 12.4 Å². The van der Waals surface area contributed by atoms with E-state index in [0.29, 0.717) is 6.54 Å². The van der Waals surface area contributed by atoms with Crippen molar-refractivity contribution in [3.63, 3.8) is 0 Å². The summed E-state index contributed by atoms with van der Waals surface area (Å²) in [6, 6.07) is 5.70. The predicted octanol–water partition coefficient (Wildman–Crippen LogP) is 0.729. The van der Waals surface area contributed by atoms with Gasteiger partial charge in [0.05, 0.1) is 18.2 Å². The van der Waals surface area contributed by atoms with Gasteiger partial charge in [0.25, 0.3) is 0 Å². The van der Waals surface area contributed by atoms with Crippen LogP contribution in [0.2, 0.25) is 0 Å². The Morgan fingerprint density at radius 3 is 3.06 bits per heavy atom. The van der Waals surface area contributed by atoms with Crippen LogP contribution in [0.4, 0.5) is 0 Å². The van der Waals surface area contributed by atoms with Gasteiger partial charge in [-0.15, -0.1) is 12.4 Å². The van der Waals surface area contributed by atoms with Crippen LogP contribution in [0.5, 0.6) is 0 Å². The molecule has 5 heteroatoms. The van der Waals surface area contributed by atoms with Gasteiger partial charge in [-0.05, 0) is 25.1 Å². The van der Waals surface area contributed by atoms with Crippen molar-refractivity contribution in [2.24, 2.45) is 5.92 Å². The Balaban J connectivity index is 0.00000128. The van der Waals surface area contributed by atoms with Gasteiger partial charge in [0.15, 0.2) is 0 Å². The van der Waals surface area contributed by atoms with Crippen LogP contribution < -0.4 is 10.6 Å². The summed E-state index contributed by atoms with van der Waals surface area (Å²) in [7, 11) is 0. The third-order valence-corrected chi connectivity index (χ3v) is 2.60. The molecular weight excluding hydrogens is 226 g/mol. The fourth-order valence-corrected chi connectivity index (χ4v) is 1.70. The number of carbonyl (C=O) groups is 1. The van der Waals surface area contributed by atoms with E-state index in [4.69, 9.17) is 0 Å². The van der Waals surface area contributed by atoms with E-state index in [9.17, 15) is 4.79 Å². The summed E-state index contributed by atoms with van der Waals surface area (Å²) in [4.78, 5) is 15.8. The number of aromatic nitrogens is 1. The van der Waals surface area contributed by atoms with Crippen molar-refractivity contribution in [2.75, 3.05) is 13.1 Å². The molecule has 0 aliphatic carbocycles. The molecule has 2 heterocycles. The van der Waals surface area contributed by atoms with Gasteiger partial charge in [-0.3, -0.25) is 9.78 Å². The van der Waals surface area contributed by atoms with Crippen LogP contribution in [0.25, 0.3) is 0 Å². The summed E-state index contributed by atoms with van der Waals surface area (Å²) in [5, 5.41) is 6.07. The maximum Gasteiger partial charge on any atom is 0.224 e. The lowest BCUT2D eigenvalue weighted by molar-refractivity contribution is -0.124. The zero-order valence-corrected chi connectivity index (χ0v) is 9.80. The Morgan fingerprint density at radius 2 is 2.44 bits per heavy atom. The maximum atomic E-state index is 11.6. The number of carbonyl (C=O) groups excluding carboxylic acids is 1. The van der Waals surface area contributed by atoms with Gasteiger partial charge in [0, 0.05) is 12.7 Å². The average Bonchev–Trinajstić information content (AvgIpc) is 2.81. The number of nitrogens with zero attached hydrogens (tertiary/aromatic N) is 1. The summed E-state index contributed by atoms with van der Waals surface area (Å²) in [5.74, 6) is 0.263. The molecule has 1 saturated heterocycles. The average molecular weight is 242 g/mol. The number of nitrogens with one attached hydrogen (secondary N) is 2. The number of hydrogen-bond acceptors (Lipinski definition) is 3. The van der Waals surface area contributed by atoms with Gasteiger partial charge in [-0.1, -0.05) is 6.07 Å². The third-order valence-electron chi connectivity index (χ3n) is 2.60. The van der Waals surface area contributed by atoms with Crippen molar-refractivity contribution in [1.82, 2.24) is 15.6 Å². The number of halogens is 1.